The highest BCUT2D eigenvalue weighted by Gasteiger charge is 2.22. The molecule has 1 saturated heterocycles. The summed E-state index contributed by atoms with van der Waals surface area (Å²) in [6, 6.07) is 23.0. The molecule has 2 aliphatic rings. The molecule has 0 unspecified atom stereocenters. The molecule has 4 heteroatoms. The van der Waals surface area contributed by atoms with Crippen LogP contribution in [0.25, 0.3) is 5.57 Å². The highest BCUT2D eigenvalue weighted by molar-refractivity contribution is 6.30. The summed E-state index contributed by atoms with van der Waals surface area (Å²) in [5.41, 5.74) is 6.25. The zero-order valence-electron chi connectivity index (χ0n) is 19.1. The molecule has 1 fully saturated rings. The normalized spacial score (nSPS) is 17.7. The van der Waals surface area contributed by atoms with Gasteiger partial charge in [0.1, 0.15) is 18.1 Å². The molecule has 3 aromatic carbocycles. The van der Waals surface area contributed by atoms with Crippen molar-refractivity contribution < 1.29 is 9.47 Å². The van der Waals surface area contributed by atoms with Crippen LogP contribution in [0.3, 0.4) is 0 Å². The van der Waals surface area contributed by atoms with Crippen LogP contribution in [-0.2, 0) is 6.61 Å². The molecule has 0 bridgehead atoms. The molecule has 170 valence electrons. The van der Waals surface area contributed by atoms with Crippen molar-refractivity contribution in [2.24, 2.45) is 0 Å². The number of rotatable bonds is 5. The van der Waals surface area contributed by atoms with Crippen LogP contribution in [0.4, 0.5) is 0 Å². The minimum Gasteiger partial charge on any atom is -0.497 e. The van der Waals surface area contributed by atoms with E-state index in [4.69, 9.17) is 21.1 Å². The summed E-state index contributed by atoms with van der Waals surface area (Å²) in [7, 11) is 1.71. The van der Waals surface area contributed by atoms with E-state index < -0.39 is 0 Å². The van der Waals surface area contributed by atoms with Crippen LogP contribution in [0, 0.1) is 0 Å². The minimum absolute atomic E-state index is 0.588. The van der Waals surface area contributed by atoms with Gasteiger partial charge in [-0.3, -0.25) is 0 Å². The fourth-order valence-corrected chi connectivity index (χ4v) is 5.14. The summed E-state index contributed by atoms with van der Waals surface area (Å²) in [5.74, 6) is 2.41. The molecule has 0 N–H and O–H groups in total. The summed E-state index contributed by atoms with van der Waals surface area (Å²) in [6.07, 6.45) is 5.80. The third-order valence-corrected chi connectivity index (χ3v) is 7.14. The summed E-state index contributed by atoms with van der Waals surface area (Å²) in [5, 5.41) is 0.814. The average Bonchev–Trinajstić information content (AvgIpc) is 3.02. The number of nitrogens with zero attached hydrogens (tertiary/aromatic N) is 1. The van der Waals surface area contributed by atoms with E-state index in [1.54, 1.807) is 7.11 Å². The van der Waals surface area contributed by atoms with Crippen molar-refractivity contribution >= 4 is 17.2 Å². The van der Waals surface area contributed by atoms with E-state index in [0.29, 0.717) is 12.5 Å². The van der Waals surface area contributed by atoms with E-state index in [1.165, 1.54) is 35.1 Å². The Kier molecular flexibility index (Phi) is 6.70. The maximum absolute atomic E-state index is 6.15. The van der Waals surface area contributed by atoms with Crippen LogP contribution >= 0.6 is 11.6 Å². The number of hydrogen-bond donors (Lipinski definition) is 0. The van der Waals surface area contributed by atoms with Crippen molar-refractivity contribution in [2.75, 3.05) is 26.7 Å². The maximum atomic E-state index is 6.15. The van der Waals surface area contributed by atoms with Crippen LogP contribution in [0.15, 0.2) is 72.8 Å². The topological polar surface area (TPSA) is 21.7 Å². The highest BCUT2D eigenvalue weighted by atomic mass is 35.5. The van der Waals surface area contributed by atoms with Gasteiger partial charge in [-0.15, -0.1) is 0 Å². The molecule has 0 aromatic heterocycles. The number of ether oxygens (including phenoxy) is 2. The smallest absolute Gasteiger partial charge is 0.127 e. The van der Waals surface area contributed by atoms with Crippen LogP contribution < -0.4 is 9.47 Å². The van der Waals surface area contributed by atoms with Gasteiger partial charge in [-0.25, -0.2) is 0 Å². The van der Waals surface area contributed by atoms with E-state index in [0.717, 1.165) is 48.1 Å². The molecule has 33 heavy (non-hydrogen) atoms. The third-order valence-electron chi connectivity index (χ3n) is 6.89. The molecule has 0 spiro atoms. The van der Waals surface area contributed by atoms with Crippen molar-refractivity contribution in [3.05, 3.63) is 100 Å². The average molecular weight is 460 g/mol. The summed E-state index contributed by atoms with van der Waals surface area (Å²) in [4.78, 5) is 2.59. The first-order chi connectivity index (χ1) is 16.2. The van der Waals surface area contributed by atoms with E-state index in [-0.39, 0.29) is 0 Å². The Morgan fingerprint density at radius 1 is 1.00 bits per heavy atom. The molecule has 3 nitrogen and oxygen atoms in total. The van der Waals surface area contributed by atoms with Crippen LogP contribution in [0.5, 0.6) is 11.5 Å². The molecule has 0 aliphatic carbocycles. The molecule has 2 aliphatic heterocycles. The molecule has 0 amide bonds. The van der Waals surface area contributed by atoms with Gasteiger partial charge >= 0.3 is 0 Å². The zero-order valence-corrected chi connectivity index (χ0v) is 19.9. The number of halogens is 1. The van der Waals surface area contributed by atoms with Gasteiger partial charge < -0.3 is 14.4 Å². The Morgan fingerprint density at radius 2 is 1.79 bits per heavy atom. The number of methoxy groups -OCH3 is 1. The number of fused-ring (bicyclic) bond motifs is 2. The van der Waals surface area contributed by atoms with Gasteiger partial charge in [-0.1, -0.05) is 54.1 Å². The van der Waals surface area contributed by atoms with Crippen LogP contribution in [-0.4, -0.2) is 31.6 Å². The second kappa shape index (κ2) is 10.0. The molecule has 3 aromatic rings. The standard InChI is InChI=1S/C29H30ClNO2/c1-32-25-12-13-29-28(19-25)27(26-6-3-2-5-23(26)20-33-29)7-4-16-31-17-14-22(15-18-31)21-8-10-24(30)11-9-21/h2-3,5-13,19,22H,4,14-18,20H2,1H3. The largest absolute Gasteiger partial charge is 0.497 e. The van der Waals surface area contributed by atoms with Gasteiger partial charge in [-0.05, 0) is 90.9 Å². The van der Waals surface area contributed by atoms with Crippen molar-refractivity contribution in [2.45, 2.75) is 31.8 Å². The molecular weight excluding hydrogens is 430 g/mol. The quantitative estimate of drug-likeness (QED) is 0.412. The van der Waals surface area contributed by atoms with Crippen molar-refractivity contribution in [3.8, 4) is 11.5 Å². The Hall–Kier alpha value is -2.75. The first-order valence-electron chi connectivity index (χ1n) is 11.8. The monoisotopic (exact) mass is 459 g/mol. The number of benzene rings is 3. The zero-order chi connectivity index (χ0) is 22.6. The summed E-state index contributed by atoms with van der Waals surface area (Å²) in [6.45, 7) is 3.94. The van der Waals surface area contributed by atoms with Crippen molar-refractivity contribution in [1.29, 1.82) is 0 Å². The van der Waals surface area contributed by atoms with E-state index in [1.807, 2.05) is 24.3 Å². The molecule has 5 rings (SSSR count). The molecular formula is C29H30ClNO2. The highest BCUT2D eigenvalue weighted by Crippen LogP contribution is 2.39. The summed E-state index contributed by atoms with van der Waals surface area (Å²) >= 11 is 6.06. The fraction of sp³-hybridized carbons (Fsp3) is 0.310. The lowest BCUT2D eigenvalue weighted by atomic mass is 9.89. The maximum Gasteiger partial charge on any atom is 0.127 e. The lowest BCUT2D eigenvalue weighted by Gasteiger charge is -2.32. The molecule has 0 saturated carbocycles. The number of likely N-dealkylation sites (tertiary alicyclic amines) is 1. The lowest BCUT2D eigenvalue weighted by Crippen LogP contribution is -2.33. The lowest BCUT2D eigenvalue weighted by molar-refractivity contribution is 0.216. The van der Waals surface area contributed by atoms with E-state index >= 15 is 0 Å². The predicted molar refractivity (Wildman–Crippen MR) is 135 cm³/mol. The van der Waals surface area contributed by atoms with E-state index in [9.17, 15) is 0 Å². The van der Waals surface area contributed by atoms with Crippen molar-refractivity contribution in [3.63, 3.8) is 0 Å². The Labute approximate surface area is 201 Å². The predicted octanol–water partition coefficient (Wildman–Crippen LogP) is 6.94. The van der Waals surface area contributed by atoms with Crippen LogP contribution in [0.1, 0.15) is 47.4 Å². The van der Waals surface area contributed by atoms with Gasteiger partial charge in [0.25, 0.3) is 0 Å². The number of hydrogen-bond acceptors (Lipinski definition) is 3. The SMILES string of the molecule is COc1ccc2c(c1)C(=CCCN1CCC(c3ccc(Cl)cc3)CC1)c1ccccc1CO2. The number of piperidine rings is 1. The molecule has 0 atom stereocenters. The first-order valence-corrected chi connectivity index (χ1v) is 12.2. The van der Waals surface area contributed by atoms with Gasteiger partial charge in [0.2, 0.25) is 0 Å². The van der Waals surface area contributed by atoms with Gasteiger partial charge in [0, 0.05) is 17.1 Å². The van der Waals surface area contributed by atoms with E-state index in [2.05, 4.69) is 53.4 Å². The molecule has 2 heterocycles. The second-order valence-corrected chi connectivity index (χ2v) is 9.32. The van der Waals surface area contributed by atoms with Gasteiger partial charge in [0.05, 0.1) is 7.11 Å². The molecule has 0 radical (unpaired) electrons. The Balaban J connectivity index is 1.30. The first kappa shape index (κ1) is 22.1. The summed E-state index contributed by atoms with van der Waals surface area (Å²) < 4.78 is 11.7. The minimum atomic E-state index is 0.588. The fourth-order valence-electron chi connectivity index (χ4n) is 5.02. The van der Waals surface area contributed by atoms with Gasteiger partial charge in [0.15, 0.2) is 0 Å². The third kappa shape index (κ3) is 4.95. The van der Waals surface area contributed by atoms with Crippen molar-refractivity contribution in [1.82, 2.24) is 4.90 Å². The Bertz CT molecular complexity index is 1130. The van der Waals surface area contributed by atoms with Crippen LogP contribution in [0.2, 0.25) is 5.02 Å². The second-order valence-electron chi connectivity index (χ2n) is 8.88. The Morgan fingerprint density at radius 3 is 2.58 bits per heavy atom. The van der Waals surface area contributed by atoms with Gasteiger partial charge in [-0.2, -0.15) is 0 Å².